The molecule has 112 valence electrons. The fourth-order valence-corrected chi connectivity index (χ4v) is 2.31. The maximum absolute atomic E-state index is 12.4. The lowest BCUT2D eigenvalue weighted by Crippen LogP contribution is -2.05. The molecule has 1 unspecified atom stereocenters. The lowest BCUT2D eigenvalue weighted by molar-refractivity contribution is -0.137. The molecular formula is C14H13F3N2OS. The zero-order valence-electron chi connectivity index (χ0n) is 11.1. The van der Waals surface area contributed by atoms with E-state index in [0.29, 0.717) is 17.1 Å². The predicted octanol–water partition coefficient (Wildman–Crippen LogP) is 4.09. The average Bonchev–Trinajstić information content (AvgIpc) is 2.47. The van der Waals surface area contributed by atoms with E-state index in [1.54, 1.807) is 18.3 Å². The third-order valence-electron chi connectivity index (χ3n) is 2.77. The van der Waals surface area contributed by atoms with E-state index in [1.807, 2.05) is 6.92 Å². The molecule has 7 heteroatoms. The molecule has 0 aliphatic carbocycles. The van der Waals surface area contributed by atoms with Gasteiger partial charge in [0.05, 0.1) is 17.4 Å². The van der Waals surface area contributed by atoms with Gasteiger partial charge in [0.2, 0.25) is 0 Å². The molecule has 0 aromatic carbocycles. The number of nitrogens with zero attached hydrogens (tertiary/aromatic N) is 2. The molecular weight excluding hydrogens is 301 g/mol. The summed E-state index contributed by atoms with van der Waals surface area (Å²) in [6.45, 7) is 1.85. The van der Waals surface area contributed by atoms with Gasteiger partial charge < -0.3 is 5.11 Å². The molecule has 0 bridgehead atoms. The molecule has 0 radical (unpaired) electrons. The highest BCUT2D eigenvalue weighted by Gasteiger charge is 2.30. The van der Waals surface area contributed by atoms with Gasteiger partial charge in [-0.2, -0.15) is 13.2 Å². The number of aliphatic hydroxyl groups is 1. The molecule has 0 spiro atoms. The standard InChI is InChI=1S/C14H13F3N2OS/c1-2-12(20)11-5-4-10(8-18-11)21-13-6-3-9(7-19-13)14(15,16)17/h3-8,12,20H,2H2,1H3. The summed E-state index contributed by atoms with van der Waals surface area (Å²) in [5.41, 5.74) is -0.200. The van der Waals surface area contributed by atoms with Gasteiger partial charge in [-0.25, -0.2) is 4.98 Å². The van der Waals surface area contributed by atoms with Crippen molar-refractivity contribution in [2.75, 3.05) is 0 Å². The quantitative estimate of drug-likeness (QED) is 0.923. The Balaban J connectivity index is 2.08. The van der Waals surface area contributed by atoms with E-state index in [4.69, 9.17) is 0 Å². The van der Waals surface area contributed by atoms with Crippen LogP contribution in [0, 0.1) is 0 Å². The minimum Gasteiger partial charge on any atom is -0.387 e. The van der Waals surface area contributed by atoms with E-state index >= 15 is 0 Å². The van der Waals surface area contributed by atoms with Crippen molar-refractivity contribution in [3.05, 3.63) is 47.9 Å². The summed E-state index contributed by atoms with van der Waals surface area (Å²) in [6.07, 6.45) is -2.04. The molecule has 0 aliphatic heterocycles. The van der Waals surface area contributed by atoms with Gasteiger partial charge in [-0.15, -0.1) is 0 Å². The van der Waals surface area contributed by atoms with Gasteiger partial charge >= 0.3 is 6.18 Å². The summed E-state index contributed by atoms with van der Waals surface area (Å²) in [5, 5.41) is 10.1. The van der Waals surface area contributed by atoms with Crippen LogP contribution in [0.4, 0.5) is 13.2 Å². The van der Waals surface area contributed by atoms with Gasteiger partial charge in [-0.05, 0) is 30.7 Å². The van der Waals surface area contributed by atoms with Crippen molar-refractivity contribution >= 4 is 11.8 Å². The zero-order valence-corrected chi connectivity index (χ0v) is 11.9. The monoisotopic (exact) mass is 314 g/mol. The Labute approximate surface area is 124 Å². The Hall–Kier alpha value is -1.60. The van der Waals surface area contributed by atoms with E-state index in [0.717, 1.165) is 17.2 Å². The molecule has 0 fully saturated rings. The number of rotatable bonds is 4. The first-order chi connectivity index (χ1) is 9.90. The van der Waals surface area contributed by atoms with E-state index < -0.39 is 17.8 Å². The summed E-state index contributed by atoms with van der Waals surface area (Å²) in [7, 11) is 0. The molecule has 0 aliphatic rings. The van der Waals surface area contributed by atoms with E-state index in [2.05, 4.69) is 9.97 Å². The highest BCUT2D eigenvalue weighted by Crippen LogP contribution is 2.31. The van der Waals surface area contributed by atoms with Crippen molar-refractivity contribution in [3.8, 4) is 0 Å². The number of pyridine rings is 2. The second-order valence-corrected chi connectivity index (χ2v) is 5.42. The van der Waals surface area contributed by atoms with Crippen LogP contribution in [0.15, 0.2) is 46.6 Å². The van der Waals surface area contributed by atoms with Crippen LogP contribution >= 0.6 is 11.8 Å². The normalized spacial score (nSPS) is 13.2. The van der Waals surface area contributed by atoms with Gasteiger partial charge in [-0.3, -0.25) is 4.98 Å². The highest BCUT2D eigenvalue weighted by atomic mass is 32.2. The predicted molar refractivity (Wildman–Crippen MR) is 72.8 cm³/mol. The van der Waals surface area contributed by atoms with Crippen molar-refractivity contribution in [1.82, 2.24) is 9.97 Å². The Kier molecular flexibility index (Phi) is 4.84. The topological polar surface area (TPSA) is 46.0 Å². The van der Waals surface area contributed by atoms with Gasteiger partial charge in [0.25, 0.3) is 0 Å². The molecule has 0 saturated heterocycles. The Bertz CT molecular complexity index is 585. The second kappa shape index (κ2) is 6.44. The third kappa shape index (κ3) is 4.18. The Morgan fingerprint density at radius 1 is 1.14 bits per heavy atom. The molecule has 3 nitrogen and oxygen atoms in total. The van der Waals surface area contributed by atoms with Crippen LogP contribution < -0.4 is 0 Å². The maximum atomic E-state index is 12.4. The molecule has 2 rings (SSSR count). The second-order valence-electron chi connectivity index (χ2n) is 4.33. The number of alkyl halides is 3. The van der Waals surface area contributed by atoms with Crippen molar-refractivity contribution < 1.29 is 18.3 Å². The van der Waals surface area contributed by atoms with Crippen molar-refractivity contribution in [2.45, 2.75) is 35.5 Å². The van der Waals surface area contributed by atoms with Gasteiger partial charge in [0.1, 0.15) is 5.03 Å². The first-order valence-electron chi connectivity index (χ1n) is 6.25. The smallest absolute Gasteiger partial charge is 0.387 e. The lowest BCUT2D eigenvalue weighted by Gasteiger charge is -2.08. The van der Waals surface area contributed by atoms with Crippen LogP contribution in [0.25, 0.3) is 0 Å². The number of aromatic nitrogens is 2. The molecule has 21 heavy (non-hydrogen) atoms. The summed E-state index contributed by atoms with van der Waals surface area (Å²) < 4.78 is 37.3. The first-order valence-corrected chi connectivity index (χ1v) is 7.07. The highest BCUT2D eigenvalue weighted by molar-refractivity contribution is 7.99. The molecule has 1 atom stereocenters. The fraction of sp³-hybridized carbons (Fsp3) is 0.286. The molecule has 2 aromatic heterocycles. The summed E-state index contributed by atoms with van der Waals surface area (Å²) in [4.78, 5) is 8.65. The minimum atomic E-state index is -4.38. The van der Waals surface area contributed by atoms with Crippen LogP contribution in [0.1, 0.15) is 30.7 Å². The number of halogens is 3. The minimum absolute atomic E-state index is 0.452. The zero-order chi connectivity index (χ0) is 15.5. The van der Waals surface area contributed by atoms with Crippen molar-refractivity contribution in [3.63, 3.8) is 0 Å². The Morgan fingerprint density at radius 2 is 1.90 bits per heavy atom. The lowest BCUT2D eigenvalue weighted by atomic mass is 10.2. The van der Waals surface area contributed by atoms with Gasteiger partial charge in [0, 0.05) is 17.3 Å². The maximum Gasteiger partial charge on any atom is 0.417 e. The molecule has 0 saturated carbocycles. The number of aliphatic hydroxyl groups excluding tert-OH is 1. The van der Waals surface area contributed by atoms with Crippen LogP contribution in [-0.4, -0.2) is 15.1 Å². The molecule has 1 N–H and O–H groups in total. The SMILES string of the molecule is CCC(O)c1ccc(Sc2ccc(C(F)(F)F)cn2)cn1. The first kappa shape index (κ1) is 15.8. The van der Waals surface area contributed by atoms with Crippen LogP contribution in [0.5, 0.6) is 0 Å². The molecule has 0 amide bonds. The van der Waals surface area contributed by atoms with Gasteiger partial charge in [-0.1, -0.05) is 18.7 Å². The van der Waals surface area contributed by atoms with Crippen LogP contribution in [0.2, 0.25) is 0 Å². The Morgan fingerprint density at radius 3 is 2.38 bits per heavy atom. The van der Waals surface area contributed by atoms with E-state index in [9.17, 15) is 18.3 Å². The third-order valence-corrected chi connectivity index (χ3v) is 3.70. The van der Waals surface area contributed by atoms with Crippen LogP contribution in [0.3, 0.4) is 0 Å². The molecule has 2 heterocycles. The average molecular weight is 314 g/mol. The number of hydrogen-bond acceptors (Lipinski definition) is 4. The van der Waals surface area contributed by atoms with E-state index in [-0.39, 0.29) is 0 Å². The van der Waals surface area contributed by atoms with Crippen molar-refractivity contribution in [1.29, 1.82) is 0 Å². The number of hydrogen-bond donors (Lipinski definition) is 1. The van der Waals surface area contributed by atoms with Crippen LogP contribution in [-0.2, 0) is 6.18 Å². The summed E-state index contributed by atoms with van der Waals surface area (Å²) >= 11 is 1.21. The van der Waals surface area contributed by atoms with Gasteiger partial charge in [0.15, 0.2) is 0 Å². The summed E-state index contributed by atoms with van der Waals surface area (Å²) in [6, 6.07) is 5.77. The van der Waals surface area contributed by atoms with Crippen molar-refractivity contribution in [2.24, 2.45) is 0 Å². The molecule has 2 aromatic rings. The largest absolute Gasteiger partial charge is 0.417 e. The fourth-order valence-electron chi connectivity index (χ4n) is 1.59. The van der Waals surface area contributed by atoms with E-state index in [1.165, 1.54) is 17.8 Å². The summed E-state index contributed by atoms with van der Waals surface area (Å²) in [5.74, 6) is 0.